The first-order valence-electron chi connectivity index (χ1n) is 5.79. The van der Waals surface area contributed by atoms with Crippen LogP contribution in [-0.2, 0) is 6.54 Å². The summed E-state index contributed by atoms with van der Waals surface area (Å²) in [5, 5.41) is 19.0. The maximum atomic E-state index is 11.4. The maximum absolute atomic E-state index is 11.4. The number of piperidine rings is 1. The number of nitrogens with zero attached hydrogens (tertiary/aromatic N) is 1. The molecule has 2 rings (SSSR count). The topological polar surface area (TPSA) is 73.9 Å². The molecule has 1 aromatic heterocycles. The number of aliphatic hydroxyl groups excluding tert-OH is 1. The zero-order valence-electron chi connectivity index (χ0n) is 9.85. The molecule has 1 fully saturated rings. The monoisotopic (exact) mass is 239 g/mol. The van der Waals surface area contributed by atoms with E-state index in [2.05, 4.69) is 4.90 Å². The lowest BCUT2D eigenvalue weighted by molar-refractivity contribution is 0.0748. The van der Waals surface area contributed by atoms with Crippen molar-refractivity contribution in [1.82, 2.24) is 4.90 Å². The van der Waals surface area contributed by atoms with E-state index in [4.69, 9.17) is 4.42 Å². The number of aliphatic hydroxyl groups is 1. The largest absolute Gasteiger partial charge is 0.502 e. The molecule has 0 unspecified atom stereocenters. The minimum absolute atomic E-state index is 0.232. The second-order valence-corrected chi connectivity index (χ2v) is 4.50. The average molecular weight is 239 g/mol. The van der Waals surface area contributed by atoms with Gasteiger partial charge in [-0.1, -0.05) is 0 Å². The molecule has 0 radical (unpaired) electrons. The van der Waals surface area contributed by atoms with Crippen molar-refractivity contribution in [3.8, 4) is 5.75 Å². The van der Waals surface area contributed by atoms with Gasteiger partial charge >= 0.3 is 0 Å². The summed E-state index contributed by atoms with van der Waals surface area (Å²) in [5.41, 5.74) is -0.402. The van der Waals surface area contributed by atoms with Gasteiger partial charge in [0.25, 0.3) is 0 Å². The fourth-order valence-corrected chi connectivity index (χ4v) is 2.05. The molecule has 0 aliphatic carbocycles. The molecule has 94 valence electrons. The maximum Gasteiger partial charge on any atom is 0.227 e. The van der Waals surface area contributed by atoms with E-state index in [0.29, 0.717) is 18.1 Å². The predicted octanol–water partition coefficient (Wildman–Crippen LogP) is 0.611. The van der Waals surface area contributed by atoms with Crippen LogP contribution in [0.3, 0.4) is 0 Å². The van der Waals surface area contributed by atoms with Crippen molar-refractivity contribution in [3.63, 3.8) is 0 Å². The quantitative estimate of drug-likeness (QED) is 0.791. The van der Waals surface area contributed by atoms with E-state index in [1.807, 2.05) is 0 Å². The highest BCUT2D eigenvalue weighted by molar-refractivity contribution is 5.24. The standard InChI is InChI=1S/C12H17NO4/c1-8-6-10(15)12(16)11(17-8)7-13-4-2-9(14)3-5-13/h6,9,14,16H,2-5,7H2,1H3. The molecule has 0 atom stereocenters. The summed E-state index contributed by atoms with van der Waals surface area (Å²) in [6, 6.07) is 1.28. The van der Waals surface area contributed by atoms with Gasteiger partial charge in [0.05, 0.1) is 12.6 Å². The summed E-state index contributed by atoms with van der Waals surface area (Å²) in [5.74, 6) is 0.507. The lowest BCUT2D eigenvalue weighted by Crippen LogP contribution is -2.35. The number of aromatic hydroxyl groups is 1. The highest BCUT2D eigenvalue weighted by Gasteiger charge is 2.20. The van der Waals surface area contributed by atoms with Gasteiger partial charge in [-0.25, -0.2) is 0 Å². The Morgan fingerprint density at radius 3 is 2.76 bits per heavy atom. The van der Waals surface area contributed by atoms with Gasteiger partial charge in [-0.3, -0.25) is 9.69 Å². The van der Waals surface area contributed by atoms with E-state index >= 15 is 0 Å². The summed E-state index contributed by atoms with van der Waals surface area (Å²) in [6.45, 7) is 3.59. The Kier molecular flexibility index (Phi) is 3.49. The zero-order chi connectivity index (χ0) is 12.4. The smallest absolute Gasteiger partial charge is 0.227 e. The molecule has 0 aromatic carbocycles. The Balaban J connectivity index is 2.11. The molecule has 2 heterocycles. The van der Waals surface area contributed by atoms with Crippen molar-refractivity contribution in [2.45, 2.75) is 32.4 Å². The zero-order valence-corrected chi connectivity index (χ0v) is 9.85. The number of aryl methyl sites for hydroxylation is 1. The van der Waals surface area contributed by atoms with Crippen LogP contribution in [0.15, 0.2) is 15.3 Å². The molecule has 0 bridgehead atoms. The molecular weight excluding hydrogens is 222 g/mol. The number of hydrogen-bond acceptors (Lipinski definition) is 5. The van der Waals surface area contributed by atoms with E-state index in [1.54, 1.807) is 6.92 Å². The summed E-state index contributed by atoms with van der Waals surface area (Å²) < 4.78 is 5.36. The summed E-state index contributed by atoms with van der Waals surface area (Å²) in [4.78, 5) is 13.4. The lowest BCUT2D eigenvalue weighted by Gasteiger charge is -2.28. The van der Waals surface area contributed by atoms with Crippen LogP contribution in [-0.4, -0.2) is 34.3 Å². The summed E-state index contributed by atoms with van der Waals surface area (Å²) in [6.07, 6.45) is 1.21. The van der Waals surface area contributed by atoms with Crippen molar-refractivity contribution in [2.24, 2.45) is 0 Å². The number of hydrogen-bond donors (Lipinski definition) is 2. The third kappa shape index (κ3) is 2.87. The molecule has 5 nitrogen and oxygen atoms in total. The van der Waals surface area contributed by atoms with E-state index in [-0.39, 0.29) is 11.9 Å². The number of likely N-dealkylation sites (tertiary alicyclic amines) is 1. The highest BCUT2D eigenvalue weighted by Crippen LogP contribution is 2.18. The van der Waals surface area contributed by atoms with Gasteiger partial charge in [0.1, 0.15) is 5.76 Å². The molecule has 1 saturated heterocycles. The van der Waals surface area contributed by atoms with Crippen LogP contribution in [0.5, 0.6) is 5.75 Å². The third-order valence-electron chi connectivity index (χ3n) is 3.04. The number of rotatable bonds is 2. The molecule has 1 aliphatic rings. The van der Waals surface area contributed by atoms with Crippen LogP contribution < -0.4 is 5.43 Å². The van der Waals surface area contributed by atoms with Crippen LogP contribution in [0, 0.1) is 6.92 Å². The molecule has 2 N–H and O–H groups in total. The van der Waals surface area contributed by atoms with Gasteiger partial charge in [0.15, 0.2) is 5.76 Å². The first kappa shape index (κ1) is 12.1. The summed E-state index contributed by atoms with van der Waals surface area (Å²) >= 11 is 0. The van der Waals surface area contributed by atoms with E-state index in [1.165, 1.54) is 6.07 Å². The van der Waals surface area contributed by atoms with Crippen LogP contribution in [0.2, 0.25) is 0 Å². The van der Waals surface area contributed by atoms with Crippen LogP contribution in [0.4, 0.5) is 0 Å². The molecule has 1 aliphatic heterocycles. The van der Waals surface area contributed by atoms with E-state index < -0.39 is 5.43 Å². The van der Waals surface area contributed by atoms with Gasteiger partial charge in [-0.2, -0.15) is 0 Å². The fraction of sp³-hybridized carbons (Fsp3) is 0.583. The third-order valence-corrected chi connectivity index (χ3v) is 3.04. The molecular formula is C12H17NO4. The van der Waals surface area contributed by atoms with E-state index in [9.17, 15) is 15.0 Å². The Labute approximate surface area is 99.3 Å². The first-order chi connectivity index (χ1) is 8.06. The predicted molar refractivity (Wildman–Crippen MR) is 61.9 cm³/mol. The summed E-state index contributed by atoms with van der Waals surface area (Å²) in [7, 11) is 0. The van der Waals surface area contributed by atoms with Gasteiger partial charge in [-0.05, 0) is 19.8 Å². The van der Waals surface area contributed by atoms with Crippen molar-refractivity contribution in [2.75, 3.05) is 13.1 Å². The average Bonchev–Trinajstić information content (AvgIpc) is 2.28. The molecule has 0 amide bonds. The lowest BCUT2D eigenvalue weighted by atomic mass is 10.1. The molecule has 0 spiro atoms. The SMILES string of the molecule is Cc1cc(=O)c(O)c(CN2CCC(O)CC2)o1. The molecule has 17 heavy (non-hydrogen) atoms. The minimum Gasteiger partial charge on any atom is -0.502 e. The van der Waals surface area contributed by atoms with Crippen molar-refractivity contribution in [3.05, 3.63) is 27.8 Å². The first-order valence-corrected chi connectivity index (χ1v) is 5.79. The van der Waals surface area contributed by atoms with Gasteiger partial charge < -0.3 is 14.6 Å². The normalized spacial score (nSPS) is 18.5. The minimum atomic E-state index is -0.402. The highest BCUT2D eigenvalue weighted by atomic mass is 16.4. The van der Waals surface area contributed by atoms with Crippen LogP contribution >= 0.6 is 0 Å². The van der Waals surface area contributed by atoms with Gasteiger partial charge in [-0.15, -0.1) is 0 Å². The molecule has 1 aromatic rings. The Morgan fingerprint density at radius 2 is 2.12 bits per heavy atom. The Morgan fingerprint density at radius 1 is 1.47 bits per heavy atom. The Hall–Kier alpha value is -1.33. The van der Waals surface area contributed by atoms with Crippen molar-refractivity contribution >= 4 is 0 Å². The molecule has 0 saturated carbocycles. The van der Waals surface area contributed by atoms with Gasteiger partial charge in [0.2, 0.25) is 11.2 Å². The molecule has 5 heteroatoms. The van der Waals surface area contributed by atoms with Crippen LogP contribution in [0.25, 0.3) is 0 Å². The van der Waals surface area contributed by atoms with Crippen molar-refractivity contribution < 1.29 is 14.6 Å². The van der Waals surface area contributed by atoms with Gasteiger partial charge in [0, 0.05) is 19.2 Å². The second kappa shape index (κ2) is 4.89. The second-order valence-electron chi connectivity index (χ2n) is 4.50. The van der Waals surface area contributed by atoms with E-state index in [0.717, 1.165) is 25.9 Å². The van der Waals surface area contributed by atoms with Crippen LogP contribution in [0.1, 0.15) is 24.4 Å². The van der Waals surface area contributed by atoms with Crippen molar-refractivity contribution in [1.29, 1.82) is 0 Å². The fourth-order valence-electron chi connectivity index (χ4n) is 2.05. The Bertz CT molecular complexity index is 446.